The molecule has 3 rings (SSSR count). The molecule has 0 radical (unpaired) electrons. The monoisotopic (exact) mass is 566 g/mol. The first-order valence-electron chi connectivity index (χ1n) is 10.8. The molecule has 3 aromatic rings. The Morgan fingerprint density at radius 3 is 1.95 bits per heavy atom. The van der Waals surface area contributed by atoms with E-state index in [-0.39, 0.29) is 24.3 Å². The van der Waals surface area contributed by atoms with Crippen molar-refractivity contribution in [1.82, 2.24) is 9.44 Å². The van der Waals surface area contributed by atoms with Gasteiger partial charge in [0.2, 0.25) is 20.0 Å². The highest BCUT2D eigenvalue weighted by molar-refractivity contribution is 7.89. The van der Waals surface area contributed by atoms with Gasteiger partial charge in [-0.15, -0.1) is 0 Å². The fourth-order valence-corrected chi connectivity index (χ4v) is 6.05. The maximum Gasteiger partial charge on any atom is 0.337 e. The fraction of sp³-hybridized carbons (Fsp3) is 0.167. The van der Waals surface area contributed by atoms with E-state index < -0.39 is 48.5 Å². The van der Waals surface area contributed by atoms with Crippen LogP contribution >= 0.6 is 11.6 Å². The number of hydrogen-bond acceptors (Lipinski definition) is 6. The number of rotatable bonds is 12. The number of benzene rings is 3. The Labute approximate surface area is 219 Å². The Balaban J connectivity index is 1.63. The number of halogens is 1. The molecule has 196 valence electrons. The Bertz CT molecular complexity index is 1490. The summed E-state index contributed by atoms with van der Waals surface area (Å²) in [5.74, 6) is -2.84. The highest BCUT2D eigenvalue weighted by atomic mass is 35.5. The number of sulfonamides is 2. The molecule has 0 aromatic heterocycles. The zero-order valence-corrected chi connectivity index (χ0v) is 21.6. The number of hydrogen-bond donors (Lipinski definition) is 4. The summed E-state index contributed by atoms with van der Waals surface area (Å²) in [4.78, 5) is 22.4. The zero-order chi connectivity index (χ0) is 27.2. The van der Waals surface area contributed by atoms with Crippen molar-refractivity contribution in [2.75, 3.05) is 6.54 Å². The Morgan fingerprint density at radius 2 is 1.38 bits per heavy atom. The lowest BCUT2D eigenvalue weighted by molar-refractivity contribution is -0.139. The van der Waals surface area contributed by atoms with E-state index >= 15 is 0 Å². The molecule has 0 aliphatic heterocycles. The highest BCUT2D eigenvalue weighted by Crippen LogP contribution is 2.23. The number of carboxylic acid groups (broad SMARTS) is 2. The molecule has 0 spiro atoms. The summed E-state index contributed by atoms with van der Waals surface area (Å²) in [5.41, 5.74) is 1.15. The van der Waals surface area contributed by atoms with Crippen molar-refractivity contribution in [2.45, 2.75) is 28.7 Å². The van der Waals surface area contributed by atoms with Gasteiger partial charge in [0, 0.05) is 11.6 Å². The predicted octanol–water partition coefficient (Wildman–Crippen LogP) is 3.20. The smallest absolute Gasteiger partial charge is 0.337 e. The van der Waals surface area contributed by atoms with Crippen LogP contribution in [0.15, 0.2) is 82.6 Å². The summed E-state index contributed by atoms with van der Waals surface area (Å²) < 4.78 is 54.8. The summed E-state index contributed by atoms with van der Waals surface area (Å²) in [5, 5.41) is 19.2. The van der Waals surface area contributed by atoms with Crippen LogP contribution in [0.25, 0.3) is 11.1 Å². The first kappa shape index (κ1) is 28.3. The maximum atomic E-state index is 12.8. The minimum absolute atomic E-state index is 0.0382. The van der Waals surface area contributed by atoms with Crippen molar-refractivity contribution in [2.24, 2.45) is 0 Å². The minimum atomic E-state index is -4.19. The number of aromatic carboxylic acids is 1. The van der Waals surface area contributed by atoms with Crippen molar-refractivity contribution in [3.8, 4) is 11.1 Å². The van der Waals surface area contributed by atoms with Gasteiger partial charge in [-0.05, 0) is 60.4 Å². The third-order valence-corrected chi connectivity index (χ3v) is 8.57. The average molecular weight is 567 g/mol. The van der Waals surface area contributed by atoms with Crippen LogP contribution in [0.5, 0.6) is 0 Å². The van der Waals surface area contributed by atoms with Crippen LogP contribution in [0.4, 0.5) is 0 Å². The van der Waals surface area contributed by atoms with E-state index in [0.717, 1.165) is 23.3 Å². The van der Waals surface area contributed by atoms with Gasteiger partial charge in [-0.25, -0.2) is 26.4 Å². The summed E-state index contributed by atoms with van der Waals surface area (Å²) in [6, 6.07) is 16.3. The number of carbonyl (C=O) groups is 2. The SMILES string of the molecule is O=C(O)c1ccccc1S(=O)(=O)NCCCC(NS(=O)(=O)c1ccc(-c2ccc(Cl)cc2)cc1)C(=O)O. The van der Waals surface area contributed by atoms with Crippen LogP contribution in [-0.4, -0.2) is 51.6 Å². The minimum Gasteiger partial charge on any atom is -0.480 e. The van der Waals surface area contributed by atoms with Crippen LogP contribution in [0.3, 0.4) is 0 Å². The number of carboxylic acids is 2. The van der Waals surface area contributed by atoms with Crippen molar-refractivity contribution in [1.29, 1.82) is 0 Å². The van der Waals surface area contributed by atoms with Gasteiger partial charge in [-0.1, -0.05) is 48.0 Å². The molecule has 1 atom stereocenters. The van der Waals surface area contributed by atoms with Crippen molar-refractivity contribution < 1.29 is 36.6 Å². The molecular weight excluding hydrogens is 544 g/mol. The second kappa shape index (κ2) is 11.8. The largest absolute Gasteiger partial charge is 0.480 e. The number of nitrogens with one attached hydrogen (secondary N) is 2. The molecule has 0 saturated carbocycles. The molecular formula is C24H23ClN2O8S2. The lowest BCUT2D eigenvalue weighted by Crippen LogP contribution is -2.41. The van der Waals surface area contributed by atoms with Gasteiger partial charge < -0.3 is 10.2 Å². The van der Waals surface area contributed by atoms with E-state index in [1.807, 2.05) is 0 Å². The van der Waals surface area contributed by atoms with E-state index in [1.54, 1.807) is 36.4 Å². The first-order valence-corrected chi connectivity index (χ1v) is 14.2. The van der Waals surface area contributed by atoms with Crippen LogP contribution in [0, 0.1) is 0 Å². The summed E-state index contributed by atoms with van der Waals surface area (Å²) in [7, 11) is -8.38. The molecule has 0 saturated heterocycles. The molecule has 0 amide bonds. The predicted molar refractivity (Wildman–Crippen MR) is 136 cm³/mol. The molecule has 0 aliphatic carbocycles. The summed E-state index contributed by atoms with van der Waals surface area (Å²) >= 11 is 5.88. The zero-order valence-electron chi connectivity index (χ0n) is 19.2. The highest BCUT2D eigenvalue weighted by Gasteiger charge is 2.26. The topological polar surface area (TPSA) is 167 Å². The third-order valence-electron chi connectivity index (χ3n) is 5.31. The normalized spacial score (nSPS) is 12.7. The van der Waals surface area contributed by atoms with Gasteiger partial charge in [0.1, 0.15) is 6.04 Å². The summed E-state index contributed by atoms with van der Waals surface area (Å²) in [6.07, 6.45) is -0.260. The molecule has 0 fully saturated rings. The second-order valence-corrected chi connectivity index (χ2v) is 11.8. The van der Waals surface area contributed by atoms with Gasteiger partial charge >= 0.3 is 11.9 Å². The molecule has 10 nitrogen and oxygen atoms in total. The van der Waals surface area contributed by atoms with Gasteiger partial charge in [0.15, 0.2) is 0 Å². The third kappa shape index (κ3) is 7.37. The van der Waals surface area contributed by atoms with E-state index in [1.165, 1.54) is 24.3 Å². The molecule has 0 bridgehead atoms. The molecule has 0 aliphatic rings. The molecule has 3 aromatic carbocycles. The van der Waals surface area contributed by atoms with Crippen LogP contribution in [-0.2, 0) is 24.8 Å². The van der Waals surface area contributed by atoms with Gasteiger partial charge in [0.05, 0.1) is 15.4 Å². The van der Waals surface area contributed by atoms with E-state index in [0.29, 0.717) is 5.02 Å². The quantitative estimate of drug-likeness (QED) is 0.242. The lowest BCUT2D eigenvalue weighted by atomic mass is 10.1. The van der Waals surface area contributed by atoms with Crippen LogP contribution < -0.4 is 9.44 Å². The Morgan fingerprint density at radius 1 is 0.811 bits per heavy atom. The van der Waals surface area contributed by atoms with Crippen molar-refractivity contribution in [3.05, 3.63) is 83.4 Å². The Hall–Kier alpha value is -3.29. The maximum absolute atomic E-state index is 12.8. The second-order valence-electron chi connectivity index (χ2n) is 7.88. The van der Waals surface area contributed by atoms with E-state index in [9.17, 15) is 36.6 Å². The lowest BCUT2D eigenvalue weighted by Gasteiger charge is -2.15. The van der Waals surface area contributed by atoms with Crippen molar-refractivity contribution >= 4 is 43.6 Å². The van der Waals surface area contributed by atoms with Crippen molar-refractivity contribution in [3.63, 3.8) is 0 Å². The average Bonchev–Trinajstić information content (AvgIpc) is 2.86. The van der Waals surface area contributed by atoms with Gasteiger partial charge in [-0.2, -0.15) is 4.72 Å². The fourth-order valence-electron chi connectivity index (χ4n) is 3.43. The molecule has 37 heavy (non-hydrogen) atoms. The first-order chi connectivity index (χ1) is 17.4. The van der Waals surface area contributed by atoms with Crippen LogP contribution in [0.2, 0.25) is 5.02 Å². The van der Waals surface area contributed by atoms with Gasteiger partial charge in [0.25, 0.3) is 0 Å². The summed E-state index contributed by atoms with van der Waals surface area (Å²) in [6.45, 7) is -0.239. The number of aliphatic carboxylic acids is 1. The van der Waals surface area contributed by atoms with Gasteiger partial charge in [-0.3, -0.25) is 4.79 Å². The van der Waals surface area contributed by atoms with E-state index in [4.69, 9.17) is 11.6 Å². The standard InChI is InChI=1S/C24H23ClN2O8S2/c25-18-11-7-16(8-12-18)17-9-13-19(14-10-17)36(32,33)27-21(24(30)31)5-3-15-26-37(34,35)22-6-2-1-4-20(22)23(28)29/h1-2,4,6-14,21,26-27H,3,5,15H2,(H,28,29)(H,30,31). The van der Waals surface area contributed by atoms with E-state index in [2.05, 4.69) is 9.44 Å². The molecule has 1 unspecified atom stereocenters. The molecule has 4 N–H and O–H groups in total. The van der Waals surface area contributed by atoms with Crippen LogP contribution in [0.1, 0.15) is 23.2 Å². The molecule has 13 heteroatoms. The Kier molecular flexibility index (Phi) is 9.05. The molecule has 0 heterocycles.